The summed E-state index contributed by atoms with van der Waals surface area (Å²) in [6, 6.07) is 8.46. The fourth-order valence-corrected chi connectivity index (χ4v) is 4.47. The van der Waals surface area contributed by atoms with E-state index in [4.69, 9.17) is 4.74 Å². The summed E-state index contributed by atoms with van der Waals surface area (Å²) in [5, 5.41) is 0. The van der Waals surface area contributed by atoms with Crippen LogP contribution in [0.15, 0.2) is 35.2 Å². The molecule has 1 aliphatic heterocycles. The Bertz CT molecular complexity index is 890. The van der Waals surface area contributed by atoms with Crippen molar-refractivity contribution < 1.29 is 13.2 Å². The maximum atomic E-state index is 12.9. The Morgan fingerprint density at radius 2 is 1.67 bits per heavy atom. The minimum atomic E-state index is -3.50. The molecule has 3 rings (SSSR count). The molecule has 8 heteroatoms. The summed E-state index contributed by atoms with van der Waals surface area (Å²) in [4.78, 5) is 11.6. The molecule has 1 aromatic heterocycles. The Balaban J connectivity index is 1.73. The van der Waals surface area contributed by atoms with Crippen molar-refractivity contribution in [1.82, 2.24) is 14.3 Å². The van der Waals surface area contributed by atoms with Crippen LogP contribution in [0, 0.1) is 6.92 Å². The molecule has 0 amide bonds. The average molecular weight is 391 g/mol. The monoisotopic (exact) mass is 390 g/mol. The standard InChI is InChI=1S/C19H26N4O3S/c1-14(2)19-20-15(3)13-18(21-19)22-9-11-23(12-10-22)27(24,25)17-7-5-16(26-4)6-8-17/h5-8,13-14H,9-12H2,1-4H3. The van der Waals surface area contributed by atoms with E-state index in [2.05, 4.69) is 28.7 Å². The summed E-state index contributed by atoms with van der Waals surface area (Å²) < 4.78 is 32.4. The van der Waals surface area contributed by atoms with Crippen LogP contribution in [0.2, 0.25) is 0 Å². The molecule has 0 N–H and O–H groups in total. The number of hydrogen-bond acceptors (Lipinski definition) is 6. The summed E-state index contributed by atoms with van der Waals surface area (Å²) in [5.41, 5.74) is 0.928. The molecule has 0 bridgehead atoms. The second kappa shape index (κ2) is 7.82. The first-order chi connectivity index (χ1) is 12.8. The second-order valence-corrected chi connectivity index (χ2v) is 8.89. The summed E-state index contributed by atoms with van der Waals surface area (Å²) in [5.74, 6) is 2.57. The molecule has 0 atom stereocenters. The number of nitrogens with zero attached hydrogens (tertiary/aromatic N) is 4. The Morgan fingerprint density at radius 1 is 1.04 bits per heavy atom. The Labute approximate surface area is 161 Å². The first-order valence-electron chi connectivity index (χ1n) is 9.06. The summed E-state index contributed by atoms with van der Waals surface area (Å²) >= 11 is 0. The molecule has 0 saturated carbocycles. The smallest absolute Gasteiger partial charge is 0.243 e. The topological polar surface area (TPSA) is 75.6 Å². The van der Waals surface area contributed by atoms with E-state index in [1.807, 2.05) is 13.0 Å². The van der Waals surface area contributed by atoms with Gasteiger partial charge in [0.25, 0.3) is 0 Å². The largest absolute Gasteiger partial charge is 0.497 e. The summed E-state index contributed by atoms with van der Waals surface area (Å²) in [6.07, 6.45) is 0. The molecule has 0 aliphatic carbocycles. The number of ether oxygens (including phenoxy) is 1. The molecule has 146 valence electrons. The van der Waals surface area contributed by atoms with Crippen LogP contribution in [0.1, 0.15) is 31.3 Å². The molecule has 0 unspecified atom stereocenters. The van der Waals surface area contributed by atoms with Crippen LogP contribution in [0.3, 0.4) is 0 Å². The highest BCUT2D eigenvalue weighted by Crippen LogP contribution is 2.23. The zero-order valence-electron chi connectivity index (χ0n) is 16.2. The van der Waals surface area contributed by atoms with Gasteiger partial charge in [-0.1, -0.05) is 13.8 Å². The maximum Gasteiger partial charge on any atom is 0.243 e. The van der Waals surface area contributed by atoms with E-state index in [0.717, 1.165) is 17.3 Å². The Kier molecular flexibility index (Phi) is 5.67. The third kappa shape index (κ3) is 4.22. The molecule has 7 nitrogen and oxygen atoms in total. The number of anilines is 1. The van der Waals surface area contributed by atoms with Crippen molar-refractivity contribution in [2.24, 2.45) is 0 Å². The van der Waals surface area contributed by atoms with Gasteiger partial charge >= 0.3 is 0 Å². The highest BCUT2D eigenvalue weighted by Gasteiger charge is 2.29. The minimum Gasteiger partial charge on any atom is -0.497 e. The van der Waals surface area contributed by atoms with E-state index in [0.29, 0.717) is 31.9 Å². The van der Waals surface area contributed by atoms with Crippen LogP contribution < -0.4 is 9.64 Å². The highest BCUT2D eigenvalue weighted by atomic mass is 32.2. The lowest BCUT2D eigenvalue weighted by molar-refractivity contribution is 0.383. The first-order valence-corrected chi connectivity index (χ1v) is 10.5. The predicted octanol–water partition coefficient (Wildman–Crippen LogP) is 2.43. The fourth-order valence-electron chi connectivity index (χ4n) is 3.05. The van der Waals surface area contributed by atoms with Crippen molar-refractivity contribution in [3.05, 3.63) is 41.9 Å². The summed E-state index contributed by atoms with van der Waals surface area (Å²) in [6.45, 7) is 8.15. The Morgan fingerprint density at radius 3 is 2.22 bits per heavy atom. The maximum absolute atomic E-state index is 12.9. The van der Waals surface area contributed by atoms with Gasteiger partial charge in [0.2, 0.25) is 10.0 Å². The van der Waals surface area contributed by atoms with Gasteiger partial charge in [-0.2, -0.15) is 4.31 Å². The van der Waals surface area contributed by atoms with Crippen molar-refractivity contribution in [2.75, 3.05) is 38.2 Å². The van der Waals surface area contributed by atoms with Gasteiger partial charge in [-0.25, -0.2) is 18.4 Å². The normalized spacial score (nSPS) is 16.0. The molecular weight excluding hydrogens is 364 g/mol. The molecule has 2 aromatic rings. The number of aromatic nitrogens is 2. The van der Waals surface area contributed by atoms with Gasteiger partial charge in [0.1, 0.15) is 17.4 Å². The van der Waals surface area contributed by atoms with Gasteiger partial charge in [-0.3, -0.25) is 0 Å². The van der Waals surface area contributed by atoms with Crippen molar-refractivity contribution in [3.8, 4) is 5.75 Å². The second-order valence-electron chi connectivity index (χ2n) is 6.95. The van der Waals surface area contributed by atoms with Crippen molar-refractivity contribution >= 4 is 15.8 Å². The van der Waals surface area contributed by atoms with Gasteiger partial charge in [0, 0.05) is 43.9 Å². The highest BCUT2D eigenvalue weighted by molar-refractivity contribution is 7.89. The molecule has 1 aromatic carbocycles. The van der Waals surface area contributed by atoms with Crippen molar-refractivity contribution in [1.29, 1.82) is 0 Å². The third-order valence-corrected chi connectivity index (χ3v) is 6.55. The predicted molar refractivity (Wildman–Crippen MR) is 105 cm³/mol. The number of methoxy groups -OCH3 is 1. The van der Waals surface area contributed by atoms with Gasteiger partial charge in [0.15, 0.2) is 0 Å². The molecule has 1 aliphatic rings. The SMILES string of the molecule is COc1ccc(S(=O)(=O)N2CCN(c3cc(C)nc(C(C)C)n3)CC2)cc1. The van der Waals surface area contributed by atoms with Crippen LogP contribution >= 0.6 is 0 Å². The molecule has 0 radical (unpaired) electrons. The molecule has 1 saturated heterocycles. The first kappa shape index (κ1) is 19.6. The van der Waals surface area contributed by atoms with Crippen LogP contribution in [0.4, 0.5) is 5.82 Å². The number of piperazine rings is 1. The molecule has 1 fully saturated rings. The van der Waals surface area contributed by atoms with Gasteiger partial charge in [0.05, 0.1) is 12.0 Å². The molecule has 0 spiro atoms. The number of aryl methyl sites for hydroxylation is 1. The average Bonchev–Trinajstić information content (AvgIpc) is 2.67. The zero-order chi connectivity index (χ0) is 19.6. The van der Waals surface area contributed by atoms with Crippen LogP contribution in [0.25, 0.3) is 0 Å². The third-order valence-electron chi connectivity index (χ3n) is 4.63. The van der Waals surface area contributed by atoms with Crippen LogP contribution in [-0.4, -0.2) is 56.0 Å². The summed E-state index contributed by atoms with van der Waals surface area (Å²) in [7, 11) is -1.95. The lowest BCUT2D eigenvalue weighted by Crippen LogP contribution is -2.49. The van der Waals surface area contributed by atoms with E-state index in [9.17, 15) is 8.42 Å². The van der Waals surface area contributed by atoms with Crippen molar-refractivity contribution in [2.45, 2.75) is 31.6 Å². The molecule has 27 heavy (non-hydrogen) atoms. The molecule has 2 heterocycles. The van der Waals surface area contributed by atoms with Crippen LogP contribution in [0.5, 0.6) is 5.75 Å². The Hall–Kier alpha value is -2.19. The quantitative estimate of drug-likeness (QED) is 0.780. The van der Waals surface area contributed by atoms with E-state index in [1.165, 1.54) is 4.31 Å². The zero-order valence-corrected chi connectivity index (χ0v) is 17.0. The number of sulfonamides is 1. The lowest BCUT2D eigenvalue weighted by Gasteiger charge is -2.35. The van der Waals surface area contributed by atoms with Gasteiger partial charge in [-0.05, 0) is 31.2 Å². The van der Waals surface area contributed by atoms with Gasteiger partial charge in [-0.15, -0.1) is 0 Å². The van der Waals surface area contributed by atoms with E-state index >= 15 is 0 Å². The fraction of sp³-hybridized carbons (Fsp3) is 0.474. The van der Waals surface area contributed by atoms with E-state index < -0.39 is 10.0 Å². The van der Waals surface area contributed by atoms with Crippen LogP contribution in [-0.2, 0) is 10.0 Å². The molecular formula is C19H26N4O3S. The minimum absolute atomic E-state index is 0.250. The number of hydrogen-bond donors (Lipinski definition) is 0. The number of benzene rings is 1. The van der Waals surface area contributed by atoms with Gasteiger partial charge < -0.3 is 9.64 Å². The van der Waals surface area contributed by atoms with Crippen molar-refractivity contribution in [3.63, 3.8) is 0 Å². The van der Waals surface area contributed by atoms with E-state index in [1.54, 1.807) is 31.4 Å². The van der Waals surface area contributed by atoms with E-state index in [-0.39, 0.29) is 10.8 Å². The lowest BCUT2D eigenvalue weighted by atomic mass is 10.2. The number of rotatable bonds is 5.